The molecule has 0 aliphatic heterocycles. The molecule has 0 radical (unpaired) electrons. The van der Waals surface area contributed by atoms with Gasteiger partial charge in [0.25, 0.3) is 0 Å². The molecule has 4 heteroatoms. The van der Waals surface area contributed by atoms with Gasteiger partial charge in [-0.3, -0.25) is 4.99 Å². The molecule has 0 bridgehead atoms. The summed E-state index contributed by atoms with van der Waals surface area (Å²) in [5.41, 5.74) is 0. The van der Waals surface area contributed by atoms with Crippen molar-refractivity contribution in [3.8, 4) is 0 Å². The second kappa shape index (κ2) is 19.8. The van der Waals surface area contributed by atoms with Crippen molar-refractivity contribution in [2.45, 2.75) is 116 Å². The van der Waals surface area contributed by atoms with Gasteiger partial charge in [0.1, 0.15) is 0 Å². The first-order valence-electron chi connectivity index (χ1n) is 12.4. The topological polar surface area (TPSA) is 18.8 Å². The minimum absolute atomic E-state index is 0.587. The van der Waals surface area contributed by atoms with Crippen LogP contribution in [0.4, 0.5) is 0 Å². The average molecular weight is 412 g/mol. The van der Waals surface area contributed by atoms with Crippen LogP contribution in [0.3, 0.4) is 0 Å². The monoisotopic (exact) mass is 411 g/mol. The van der Waals surface area contributed by atoms with Gasteiger partial charge >= 0.3 is 0 Å². The highest BCUT2D eigenvalue weighted by Crippen LogP contribution is 2.13. The molecule has 0 saturated carbocycles. The molecule has 0 saturated heterocycles. The molecule has 0 aliphatic carbocycles. The third-order valence-corrected chi connectivity index (χ3v) is 6.67. The van der Waals surface area contributed by atoms with Gasteiger partial charge in [-0.1, -0.05) is 110 Å². The Labute approximate surface area is 180 Å². The van der Waals surface area contributed by atoms with E-state index in [2.05, 4.69) is 51.0 Å². The molecule has 0 N–H and O–H groups in total. The number of rotatable bonds is 18. The molecular formula is C24H53N3Si. The van der Waals surface area contributed by atoms with Gasteiger partial charge in [-0.25, -0.2) is 0 Å². The molecule has 3 nitrogen and oxygen atoms in total. The highest BCUT2D eigenvalue weighted by Gasteiger charge is 2.10. The standard InChI is InChI=1S/C24H53N3Si/c1-7-8-9-10-11-12-13-14-15-16-17-18-19-20-21-22-25-24(26(2)3)27(4)23-28(5)6/h28H,7-23H2,1-6H3. The second-order valence-electron chi connectivity index (χ2n) is 9.30. The third kappa shape index (κ3) is 17.6. The summed E-state index contributed by atoms with van der Waals surface area (Å²) in [7, 11) is 5.84. The van der Waals surface area contributed by atoms with Gasteiger partial charge in [0.15, 0.2) is 5.96 Å². The number of nitrogens with zero attached hydrogens (tertiary/aromatic N) is 3. The van der Waals surface area contributed by atoms with Crippen LogP contribution in [0.2, 0.25) is 13.1 Å². The van der Waals surface area contributed by atoms with E-state index in [4.69, 9.17) is 4.99 Å². The average Bonchev–Trinajstić information content (AvgIpc) is 2.63. The third-order valence-electron chi connectivity index (χ3n) is 5.40. The summed E-state index contributed by atoms with van der Waals surface area (Å²) in [5, 5.41) is 0. The lowest BCUT2D eigenvalue weighted by Crippen LogP contribution is -2.42. The van der Waals surface area contributed by atoms with E-state index >= 15 is 0 Å². The second-order valence-corrected chi connectivity index (χ2v) is 12.5. The maximum atomic E-state index is 4.87. The summed E-state index contributed by atoms with van der Waals surface area (Å²) in [6, 6.07) is 0. The van der Waals surface area contributed by atoms with Crippen molar-refractivity contribution in [2.75, 3.05) is 33.9 Å². The van der Waals surface area contributed by atoms with Crippen molar-refractivity contribution in [1.29, 1.82) is 0 Å². The molecule has 0 aromatic rings. The van der Waals surface area contributed by atoms with Crippen LogP contribution >= 0.6 is 0 Å². The Morgan fingerprint density at radius 3 is 1.39 bits per heavy atom. The van der Waals surface area contributed by atoms with Crippen LogP contribution in [-0.2, 0) is 0 Å². The lowest BCUT2D eigenvalue weighted by Gasteiger charge is -2.27. The van der Waals surface area contributed by atoms with Gasteiger partial charge in [0, 0.05) is 33.9 Å². The Kier molecular flexibility index (Phi) is 19.4. The Balaban J connectivity index is 3.51. The number of unbranched alkanes of at least 4 members (excludes halogenated alkanes) is 14. The van der Waals surface area contributed by atoms with Crippen LogP contribution in [0.15, 0.2) is 4.99 Å². The molecule has 0 fully saturated rings. The van der Waals surface area contributed by atoms with E-state index in [0.717, 1.165) is 12.5 Å². The quantitative estimate of drug-likeness (QED) is 0.108. The number of hydrogen-bond acceptors (Lipinski definition) is 1. The predicted octanol–water partition coefficient (Wildman–Crippen LogP) is 6.73. The normalized spacial score (nSPS) is 12.0. The minimum atomic E-state index is -0.587. The Hall–Kier alpha value is -0.513. The largest absolute Gasteiger partial charge is 0.349 e. The lowest BCUT2D eigenvalue weighted by atomic mass is 10.0. The van der Waals surface area contributed by atoms with E-state index in [1.165, 1.54) is 102 Å². The summed E-state index contributed by atoms with van der Waals surface area (Å²) in [4.78, 5) is 9.38. The maximum absolute atomic E-state index is 4.87. The molecule has 0 heterocycles. The Bertz CT molecular complexity index is 356. The first-order chi connectivity index (χ1) is 13.5. The molecule has 0 spiro atoms. The fraction of sp³-hybridized carbons (Fsp3) is 0.958. The molecule has 0 aromatic carbocycles. The van der Waals surface area contributed by atoms with Gasteiger partial charge in [0.2, 0.25) is 0 Å². The summed E-state index contributed by atoms with van der Waals surface area (Å²) < 4.78 is 0. The van der Waals surface area contributed by atoms with Gasteiger partial charge in [0.05, 0.1) is 8.80 Å². The van der Waals surface area contributed by atoms with E-state index in [-0.39, 0.29) is 0 Å². The van der Waals surface area contributed by atoms with Crippen LogP contribution in [-0.4, -0.2) is 58.4 Å². The van der Waals surface area contributed by atoms with E-state index < -0.39 is 8.80 Å². The zero-order valence-corrected chi connectivity index (χ0v) is 21.6. The van der Waals surface area contributed by atoms with Crippen LogP contribution < -0.4 is 0 Å². The fourth-order valence-electron chi connectivity index (χ4n) is 3.90. The van der Waals surface area contributed by atoms with Crippen LogP contribution in [0.25, 0.3) is 0 Å². The molecule has 0 amide bonds. The fourth-order valence-corrected chi connectivity index (χ4v) is 5.15. The van der Waals surface area contributed by atoms with Crippen LogP contribution in [0, 0.1) is 0 Å². The zero-order valence-electron chi connectivity index (χ0n) is 20.4. The van der Waals surface area contributed by atoms with Crippen molar-refractivity contribution >= 4 is 14.8 Å². The molecule has 28 heavy (non-hydrogen) atoms. The highest BCUT2D eigenvalue weighted by molar-refractivity contribution is 6.56. The molecular weight excluding hydrogens is 358 g/mol. The molecule has 0 aliphatic rings. The Morgan fingerprint density at radius 1 is 0.643 bits per heavy atom. The molecule has 0 aromatic heterocycles. The van der Waals surface area contributed by atoms with Crippen molar-refractivity contribution in [3.05, 3.63) is 0 Å². The minimum Gasteiger partial charge on any atom is -0.349 e. The van der Waals surface area contributed by atoms with Gasteiger partial charge < -0.3 is 9.80 Å². The van der Waals surface area contributed by atoms with Crippen LogP contribution in [0.1, 0.15) is 103 Å². The zero-order chi connectivity index (χ0) is 21.0. The number of guanidine groups is 1. The predicted molar refractivity (Wildman–Crippen MR) is 132 cm³/mol. The van der Waals surface area contributed by atoms with E-state index in [9.17, 15) is 0 Å². The first kappa shape index (κ1) is 27.5. The van der Waals surface area contributed by atoms with Crippen molar-refractivity contribution < 1.29 is 0 Å². The van der Waals surface area contributed by atoms with Crippen molar-refractivity contribution in [2.24, 2.45) is 4.99 Å². The lowest BCUT2D eigenvalue weighted by molar-refractivity contribution is 0.461. The molecule has 0 rings (SSSR count). The van der Waals surface area contributed by atoms with Crippen molar-refractivity contribution in [3.63, 3.8) is 0 Å². The first-order valence-corrected chi connectivity index (χ1v) is 15.5. The maximum Gasteiger partial charge on any atom is 0.195 e. The van der Waals surface area contributed by atoms with E-state index in [0.29, 0.717) is 0 Å². The highest BCUT2D eigenvalue weighted by atomic mass is 28.3. The van der Waals surface area contributed by atoms with Gasteiger partial charge in [-0.2, -0.15) is 0 Å². The summed E-state index contributed by atoms with van der Waals surface area (Å²) in [5.74, 6) is 1.16. The summed E-state index contributed by atoms with van der Waals surface area (Å²) >= 11 is 0. The van der Waals surface area contributed by atoms with E-state index in [1.54, 1.807) is 0 Å². The van der Waals surface area contributed by atoms with Gasteiger partial charge in [-0.05, 0) is 6.42 Å². The number of aliphatic imine (C=N–C) groups is 1. The van der Waals surface area contributed by atoms with Gasteiger partial charge in [-0.15, -0.1) is 0 Å². The molecule has 0 atom stereocenters. The van der Waals surface area contributed by atoms with E-state index in [1.807, 2.05) is 0 Å². The molecule has 168 valence electrons. The smallest absolute Gasteiger partial charge is 0.195 e. The SMILES string of the molecule is CCCCCCCCCCCCCCCCCN=C(N(C)C)N(C)C[SiH](C)C. The van der Waals surface area contributed by atoms with Crippen molar-refractivity contribution in [1.82, 2.24) is 9.80 Å². The Morgan fingerprint density at radius 2 is 1.04 bits per heavy atom. The number of hydrogen-bond donors (Lipinski definition) is 0. The van der Waals surface area contributed by atoms with Crippen LogP contribution in [0.5, 0.6) is 0 Å². The summed E-state index contributed by atoms with van der Waals surface area (Å²) in [6.07, 6.45) is 22.5. The summed E-state index contributed by atoms with van der Waals surface area (Å²) in [6.45, 7) is 8.08. The molecule has 0 unspecified atom stereocenters.